The second-order valence-electron chi connectivity index (χ2n) is 5.48. The van der Waals surface area contributed by atoms with Gasteiger partial charge in [0, 0.05) is 38.4 Å². The van der Waals surface area contributed by atoms with Crippen molar-refractivity contribution in [3.8, 4) is 0 Å². The summed E-state index contributed by atoms with van der Waals surface area (Å²) in [7, 11) is 0. The Labute approximate surface area is 132 Å². The first kappa shape index (κ1) is 15.5. The van der Waals surface area contributed by atoms with E-state index in [-0.39, 0.29) is 19.0 Å². The van der Waals surface area contributed by atoms with Crippen molar-refractivity contribution in [3.63, 3.8) is 0 Å². The van der Waals surface area contributed by atoms with E-state index in [2.05, 4.69) is 10.2 Å². The fraction of sp³-hybridized carbons (Fsp3) is 0.375. The van der Waals surface area contributed by atoms with E-state index in [0.29, 0.717) is 37.6 Å². The average Bonchev–Trinajstić information content (AvgIpc) is 2.59. The molecule has 0 saturated carbocycles. The van der Waals surface area contributed by atoms with E-state index in [1.54, 1.807) is 12.1 Å². The Balaban J connectivity index is 1.68. The van der Waals surface area contributed by atoms with Crippen molar-refractivity contribution in [2.24, 2.45) is 0 Å². The van der Waals surface area contributed by atoms with E-state index >= 15 is 0 Å². The molecule has 3 rings (SSSR count). The van der Waals surface area contributed by atoms with Crippen LogP contribution in [0.5, 0.6) is 0 Å². The van der Waals surface area contributed by atoms with E-state index in [4.69, 9.17) is 5.11 Å². The monoisotopic (exact) mass is 319 g/mol. The Morgan fingerprint density at radius 1 is 1.00 bits per heavy atom. The highest BCUT2D eigenvalue weighted by Gasteiger charge is 2.28. The van der Waals surface area contributed by atoms with Gasteiger partial charge in [-0.2, -0.15) is 0 Å². The van der Waals surface area contributed by atoms with Gasteiger partial charge < -0.3 is 20.2 Å². The molecule has 7 heteroatoms. The van der Waals surface area contributed by atoms with Crippen LogP contribution in [0.2, 0.25) is 0 Å². The van der Waals surface area contributed by atoms with Crippen LogP contribution < -0.4 is 26.0 Å². The number of nitrogens with zero attached hydrogens (tertiary/aromatic N) is 2. The van der Waals surface area contributed by atoms with E-state index in [1.165, 1.54) is 12.1 Å². The lowest BCUT2D eigenvalue weighted by Crippen LogP contribution is -2.51. The first-order valence-electron chi connectivity index (χ1n) is 7.55. The molecule has 0 aromatic heterocycles. The zero-order chi connectivity index (χ0) is 16.4. The molecule has 1 aliphatic heterocycles. The highest BCUT2D eigenvalue weighted by Crippen LogP contribution is 2.23. The minimum atomic E-state index is -0.519. The van der Waals surface area contributed by atoms with Crippen molar-refractivity contribution >= 4 is 17.1 Å². The molecule has 0 aliphatic carbocycles. The topological polar surface area (TPSA) is 72.9 Å². The Kier molecular flexibility index (Phi) is 4.29. The van der Waals surface area contributed by atoms with Gasteiger partial charge in [-0.05, 0) is 24.3 Å². The van der Waals surface area contributed by atoms with Crippen LogP contribution in [0, 0.1) is 5.82 Å². The van der Waals surface area contributed by atoms with E-state index in [1.807, 2.05) is 4.90 Å². The number of hydrogen-bond donors (Lipinski definition) is 2. The Hall–Kier alpha value is -2.41. The number of anilines is 3. The van der Waals surface area contributed by atoms with Crippen LogP contribution in [-0.2, 0) is 0 Å². The van der Waals surface area contributed by atoms with Gasteiger partial charge in [0.25, 0.3) is 10.9 Å². The van der Waals surface area contributed by atoms with Crippen molar-refractivity contribution in [2.45, 2.75) is 0 Å². The lowest BCUT2D eigenvalue weighted by molar-refractivity contribution is 0.311. The van der Waals surface area contributed by atoms with Gasteiger partial charge in [0.05, 0.1) is 6.61 Å². The number of benzene rings is 1. The maximum atomic E-state index is 13.0. The van der Waals surface area contributed by atoms with Crippen molar-refractivity contribution in [1.82, 2.24) is 0 Å². The van der Waals surface area contributed by atoms with Gasteiger partial charge in [-0.3, -0.25) is 9.59 Å². The zero-order valence-electron chi connectivity index (χ0n) is 12.6. The molecular formula is C16H18FN3O3. The van der Waals surface area contributed by atoms with Gasteiger partial charge in [0.15, 0.2) is 0 Å². The van der Waals surface area contributed by atoms with Gasteiger partial charge in [0.1, 0.15) is 17.2 Å². The molecule has 1 heterocycles. The summed E-state index contributed by atoms with van der Waals surface area (Å²) in [5.41, 5.74) is 0.672. The molecule has 2 N–H and O–H groups in total. The molecule has 23 heavy (non-hydrogen) atoms. The van der Waals surface area contributed by atoms with Crippen LogP contribution in [0.4, 0.5) is 21.5 Å². The van der Waals surface area contributed by atoms with Crippen LogP contribution in [-0.4, -0.2) is 44.4 Å². The quantitative estimate of drug-likeness (QED) is 0.765. The van der Waals surface area contributed by atoms with Gasteiger partial charge in [0.2, 0.25) is 0 Å². The maximum Gasteiger partial charge on any atom is 0.253 e. The Morgan fingerprint density at radius 3 is 2.22 bits per heavy atom. The molecule has 0 atom stereocenters. The molecule has 0 unspecified atom stereocenters. The van der Waals surface area contributed by atoms with Crippen molar-refractivity contribution in [1.29, 1.82) is 0 Å². The normalized spacial score (nSPS) is 15.2. The summed E-state index contributed by atoms with van der Waals surface area (Å²) in [5, 5.41) is 11.6. The number of aliphatic hydroxyl groups is 1. The third kappa shape index (κ3) is 2.92. The molecule has 1 fully saturated rings. The summed E-state index contributed by atoms with van der Waals surface area (Å²) >= 11 is 0. The van der Waals surface area contributed by atoms with Crippen molar-refractivity contribution in [2.75, 3.05) is 54.4 Å². The van der Waals surface area contributed by atoms with Crippen molar-refractivity contribution in [3.05, 3.63) is 50.5 Å². The second kappa shape index (κ2) is 6.37. The predicted octanol–water partition coefficient (Wildman–Crippen LogP) is 0.152. The molecule has 2 aromatic rings. The molecule has 6 nitrogen and oxygen atoms in total. The first-order chi connectivity index (χ1) is 11.1. The molecule has 1 saturated heterocycles. The smallest absolute Gasteiger partial charge is 0.253 e. The van der Waals surface area contributed by atoms with E-state index < -0.39 is 10.9 Å². The third-order valence-electron chi connectivity index (χ3n) is 4.09. The van der Waals surface area contributed by atoms with E-state index in [9.17, 15) is 14.0 Å². The highest BCUT2D eigenvalue weighted by molar-refractivity contribution is 5.75. The van der Waals surface area contributed by atoms with Crippen LogP contribution in [0.3, 0.4) is 0 Å². The second-order valence-corrected chi connectivity index (χ2v) is 5.48. The number of halogens is 1. The number of nitrogens with one attached hydrogen (secondary N) is 1. The average molecular weight is 319 g/mol. The van der Waals surface area contributed by atoms with Gasteiger partial charge in [-0.15, -0.1) is 0 Å². The molecule has 0 spiro atoms. The summed E-state index contributed by atoms with van der Waals surface area (Å²) in [6, 6.07) is 6.32. The molecule has 122 valence electrons. The molecule has 0 bridgehead atoms. The SMILES string of the molecule is O=c1c(NCCO)c(N2CCN(c3ccc(F)cc3)CC2)c1=O. The van der Waals surface area contributed by atoms with Gasteiger partial charge >= 0.3 is 0 Å². The minimum absolute atomic E-state index is 0.101. The highest BCUT2D eigenvalue weighted by atomic mass is 19.1. The lowest BCUT2D eigenvalue weighted by Gasteiger charge is -2.38. The van der Waals surface area contributed by atoms with Crippen molar-refractivity contribution < 1.29 is 9.50 Å². The molecule has 0 radical (unpaired) electrons. The Bertz CT molecular complexity index is 745. The molecular weight excluding hydrogens is 301 g/mol. The summed E-state index contributed by atoms with van der Waals surface area (Å²) < 4.78 is 13.0. The zero-order valence-corrected chi connectivity index (χ0v) is 12.6. The van der Waals surface area contributed by atoms with Crippen LogP contribution >= 0.6 is 0 Å². The van der Waals surface area contributed by atoms with Gasteiger partial charge in [-0.25, -0.2) is 4.39 Å². The summed E-state index contributed by atoms with van der Waals surface area (Å²) in [5.74, 6) is -0.268. The number of piperazine rings is 1. The number of rotatable bonds is 5. The summed E-state index contributed by atoms with van der Waals surface area (Å²) in [4.78, 5) is 27.4. The number of aliphatic hydroxyl groups excluding tert-OH is 1. The lowest BCUT2D eigenvalue weighted by atomic mass is 10.1. The minimum Gasteiger partial charge on any atom is -0.395 e. The fourth-order valence-electron chi connectivity index (χ4n) is 2.87. The van der Waals surface area contributed by atoms with Crippen LogP contribution in [0.1, 0.15) is 0 Å². The first-order valence-corrected chi connectivity index (χ1v) is 7.55. The largest absolute Gasteiger partial charge is 0.395 e. The maximum absolute atomic E-state index is 13.0. The molecule has 1 aliphatic rings. The standard InChI is InChI=1S/C16H18FN3O3/c17-11-1-3-12(4-2-11)19-6-8-20(9-7-19)14-13(18-5-10-21)15(22)16(14)23/h1-4,18,21H,5-10H2. The van der Waals surface area contributed by atoms with Gasteiger partial charge in [-0.1, -0.05) is 0 Å². The predicted molar refractivity (Wildman–Crippen MR) is 87.8 cm³/mol. The van der Waals surface area contributed by atoms with Crippen LogP contribution in [0.25, 0.3) is 0 Å². The number of hydrogen-bond acceptors (Lipinski definition) is 6. The molecule has 2 aromatic carbocycles. The fourth-order valence-corrected chi connectivity index (χ4v) is 2.87. The summed E-state index contributed by atoms with van der Waals surface area (Å²) in [6.45, 7) is 2.73. The molecule has 0 amide bonds. The third-order valence-corrected chi connectivity index (χ3v) is 4.09. The van der Waals surface area contributed by atoms with Crippen LogP contribution in [0.15, 0.2) is 33.9 Å². The summed E-state index contributed by atoms with van der Waals surface area (Å²) in [6.07, 6.45) is 0. The van der Waals surface area contributed by atoms with E-state index in [0.717, 1.165) is 5.69 Å². The Morgan fingerprint density at radius 2 is 1.61 bits per heavy atom.